The van der Waals surface area contributed by atoms with Gasteiger partial charge in [-0.25, -0.2) is 0 Å². The number of rotatable bonds is 7. The summed E-state index contributed by atoms with van der Waals surface area (Å²) in [6, 6.07) is 7.89. The highest BCUT2D eigenvalue weighted by Crippen LogP contribution is 2.19. The van der Waals surface area contributed by atoms with E-state index in [0.29, 0.717) is 5.75 Å². The molecule has 0 saturated carbocycles. The highest BCUT2D eigenvalue weighted by molar-refractivity contribution is 5.75. The second-order valence-electron chi connectivity index (χ2n) is 5.68. The van der Waals surface area contributed by atoms with Crippen molar-refractivity contribution in [2.75, 3.05) is 33.3 Å². The smallest absolute Gasteiger partial charge is 0.255 e. The van der Waals surface area contributed by atoms with Gasteiger partial charge in [0.25, 0.3) is 5.91 Å². The summed E-state index contributed by atoms with van der Waals surface area (Å²) in [4.78, 5) is 13.2. The molecular formula is C16H25N3O2. The van der Waals surface area contributed by atoms with Crippen molar-refractivity contribution in [2.45, 2.75) is 19.4 Å². The Morgan fingerprint density at radius 3 is 2.57 bits per heavy atom. The van der Waals surface area contributed by atoms with Crippen molar-refractivity contribution < 1.29 is 9.53 Å². The molecule has 0 aromatic heterocycles. The fraction of sp³-hybridized carbons (Fsp3) is 0.562. The molecule has 2 rings (SSSR count). The van der Waals surface area contributed by atoms with E-state index >= 15 is 0 Å². The van der Waals surface area contributed by atoms with Crippen molar-refractivity contribution in [3.05, 3.63) is 29.8 Å². The molecule has 0 radical (unpaired) electrons. The van der Waals surface area contributed by atoms with Crippen molar-refractivity contribution >= 4 is 5.91 Å². The van der Waals surface area contributed by atoms with Crippen molar-refractivity contribution in [1.29, 1.82) is 0 Å². The number of piperidine rings is 1. The Labute approximate surface area is 126 Å². The summed E-state index contributed by atoms with van der Waals surface area (Å²) in [6.07, 6.45) is 2.53. The highest BCUT2D eigenvalue weighted by Gasteiger charge is 2.18. The second kappa shape index (κ2) is 8.00. The van der Waals surface area contributed by atoms with Gasteiger partial charge >= 0.3 is 0 Å². The molecule has 5 heteroatoms. The maximum Gasteiger partial charge on any atom is 0.255 e. The first kappa shape index (κ1) is 15.8. The number of ether oxygens (including phenoxy) is 1. The molecular weight excluding hydrogens is 266 g/mol. The van der Waals surface area contributed by atoms with Crippen LogP contribution in [0.4, 0.5) is 0 Å². The summed E-state index contributed by atoms with van der Waals surface area (Å²) in [5.41, 5.74) is 6.32. The number of carbonyl (C=O) groups excluding carboxylic acids is 1. The summed E-state index contributed by atoms with van der Waals surface area (Å²) in [5.74, 6) is 1.05. The van der Waals surface area contributed by atoms with Crippen LogP contribution >= 0.6 is 0 Å². The summed E-state index contributed by atoms with van der Waals surface area (Å²) in [6.45, 7) is 4.35. The molecule has 0 aliphatic carbocycles. The van der Waals surface area contributed by atoms with E-state index in [9.17, 15) is 4.79 Å². The Morgan fingerprint density at radius 1 is 1.33 bits per heavy atom. The third-order valence-corrected chi connectivity index (χ3v) is 3.91. The lowest BCUT2D eigenvalue weighted by molar-refractivity contribution is -0.119. The Kier molecular flexibility index (Phi) is 6.02. The highest BCUT2D eigenvalue weighted by atomic mass is 16.5. The van der Waals surface area contributed by atoms with Crippen LogP contribution in [0.2, 0.25) is 0 Å². The largest absolute Gasteiger partial charge is 0.484 e. The van der Waals surface area contributed by atoms with E-state index in [1.54, 1.807) is 0 Å². The summed E-state index contributed by atoms with van der Waals surface area (Å²) in [7, 11) is 2.02. The predicted octanol–water partition coefficient (Wildman–Crippen LogP) is 0.982. The Hall–Kier alpha value is -1.59. The molecule has 0 bridgehead atoms. The molecule has 1 fully saturated rings. The fourth-order valence-corrected chi connectivity index (χ4v) is 2.74. The van der Waals surface area contributed by atoms with E-state index < -0.39 is 5.91 Å². The normalized spacial score (nSPS) is 16.8. The average molecular weight is 291 g/mol. The van der Waals surface area contributed by atoms with Crippen molar-refractivity contribution in [3.63, 3.8) is 0 Å². The minimum atomic E-state index is -0.455. The molecule has 1 amide bonds. The van der Waals surface area contributed by atoms with Crippen LogP contribution in [0.5, 0.6) is 5.75 Å². The van der Waals surface area contributed by atoms with Crippen LogP contribution in [0, 0.1) is 5.92 Å². The van der Waals surface area contributed by atoms with Gasteiger partial charge in [-0.15, -0.1) is 0 Å². The third-order valence-electron chi connectivity index (χ3n) is 3.91. The van der Waals surface area contributed by atoms with Gasteiger partial charge in [0.1, 0.15) is 5.75 Å². The summed E-state index contributed by atoms with van der Waals surface area (Å²) in [5, 5.41) is 3.26. The number of nitrogens with one attached hydrogen (secondary N) is 1. The van der Waals surface area contributed by atoms with Crippen LogP contribution in [-0.2, 0) is 11.3 Å². The van der Waals surface area contributed by atoms with Gasteiger partial charge in [0.05, 0.1) is 0 Å². The lowest BCUT2D eigenvalue weighted by atomic mass is 9.96. The van der Waals surface area contributed by atoms with Crippen LogP contribution in [-0.4, -0.2) is 44.1 Å². The van der Waals surface area contributed by atoms with Crippen molar-refractivity contribution in [3.8, 4) is 5.75 Å². The molecule has 1 aliphatic heterocycles. The van der Waals surface area contributed by atoms with Gasteiger partial charge in [-0.3, -0.25) is 9.69 Å². The zero-order chi connectivity index (χ0) is 15.1. The number of nitrogens with two attached hydrogens (primary N) is 1. The first-order valence-electron chi connectivity index (χ1n) is 7.54. The molecule has 0 atom stereocenters. The summed E-state index contributed by atoms with van der Waals surface area (Å²) >= 11 is 0. The number of nitrogens with zero attached hydrogens (tertiary/aromatic N) is 1. The lowest BCUT2D eigenvalue weighted by Gasteiger charge is -2.31. The van der Waals surface area contributed by atoms with Gasteiger partial charge in [0.15, 0.2) is 6.61 Å². The number of likely N-dealkylation sites (tertiary alicyclic amines) is 1. The van der Waals surface area contributed by atoms with E-state index in [1.807, 2.05) is 19.2 Å². The van der Waals surface area contributed by atoms with Gasteiger partial charge in [-0.05, 0) is 63.1 Å². The van der Waals surface area contributed by atoms with E-state index in [4.69, 9.17) is 10.5 Å². The topological polar surface area (TPSA) is 67.6 Å². The SMILES string of the molecule is CNCC1CCN(Cc2ccc(OCC(N)=O)cc2)CC1. The van der Waals surface area contributed by atoms with E-state index in [-0.39, 0.29) is 6.61 Å². The first-order valence-corrected chi connectivity index (χ1v) is 7.54. The van der Waals surface area contributed by atoms with Crippen LogP contribution < -0.4 is 15.8 Å². The molecule has 21 heavy (non-hydrogen) atoms. The molecule has 1 aromatic rings. The number of primary amides is 1. The standard InChI is InChI=1S/C16H25N3O2/c1-18-10-13-6-8-19(9-7-13)11-14-2-4-15(5-3-14)21-12-16(17)20/h2-5,13,18H,6-12H2,1H3,(H2,17,20). The number of carbonyl (C=O) groups is 1. The average Bonchev–Trinajstić information content (AvgIpc) is 2.49. The molecule has 5 nitrogen and oxygen atoms in total. The zero-order valence-electron chi connectivity index (χ0n) is 12.7. The quantitative estimate of drug-likeness (QED) is 0.786. The lowest BCUT2D eigenvalue weighted by Crippen LogP contribution is -2.36. The van der Waals surface area contributed by atoms with Gasteiger partial charge in [0.2, 0.25) is 0 Å². The minimum absolute atomic E-state index is 0.0711. The van der Waals surface area contributed by atoms with E-state index in [1.165, 1.54) is 18.4 Å². The second-order valence-corrected chi connectivity index (χ2v) is 5.68. The van der Waals surface area contributed by atoms with Gasteiger partial charge in [-0.2, -0.15) is 0 Å². The summed E-state index contributed by atoms with van der Waals surface area (Å²) < 4.78 is 5.26. The fourth-order valence-electron chi connectivity index (χ4n) is 2.74. The number of hydrogen-bond acceptors (Lipinski definition) is 4. The Balaban J connectivity index is 1.77. The minimum Gasteiger partial charge on any atom is -0.484 e. The monoisotopic (exact) mass is 291 g/mol. The van der Waals surface area contributed by atoms with Gasteiger partial charge < -0.3 is 15.8 Å². The van der Waals surface area contributed by atoms with Crippen LogP contribution in [0.15, 0.2) is 24.3 Å². The number of benzene rings is 1. The first-order chi connectivity index (χ1) is 10.2. The predicted molar refractivity (Wildman–Crippen MR) is 83.1 cm³/mol. The van der Waals surface area contributed by atoms with E-state index in [2.05, 4.69) is 22.3 Å². The van der Waals surface area contributed by atoms with Gasteiger partial charge in [0, 0.05) is 6.54 Å². The maximum absolute atomic E-state index is 10.7. The Morgan fingerprint density at radius 2 is 2.00 bits per heavy atom. The molecule has 116 valence electrons. The van der Waals surface area contributed by atoms with Crippen LogP contribution in [0.25, 0.3) is 0 Å². The molecule has 1 aromatic carbocycles. The van der Waals surface area contributed by atoms with Gasteiger partial charge in [-0.1, -0.05) is 12.1 Å². The van der Waals surface area contributed by atoms with Crippen LogP contribution in [0.3, 0.4) is 0 Å². The van der Waals surface area contributed by atoms with Crippen molar-refractivity contribution in [2.24, 2.45) is 11.7 Å². The van der Waals surface area contributed by atoms with Crippen molar-refractivity contribution in [1.82, 2.24) is 10.2 Å². The molecule has 3 N–H and O–H groups in total. The zero-order valence-corrected chi connectivity index (χ0v) is 12.7. The molecule has 0 unspecified atom stereocenters. The molecule has 1 saturated heterocycles. The molecule has 0 spiro atoms. The maximum atomic E-state index is 10.7. The van der Waals surface area contributed by atoms with Crippen LogP contribution in [0.1, 0.15) is 18.4 Å². The molecule has 1 aliphatic rings. The van der Waals surface area contributed by atoms with E-state index in [0.717, 1.165) is 32.1 Å². The third kappa shape index (κ3) is 5.36. The Bertz CT molecular complexity index is 439. The molecule has 1 heterocycles. The number of hydrogen-bond donors (Lipinski definition) is 2. The number of amides is 1.